The lowest BCUT2D eigenvalue weighted by atomic mass is 10.2. The first-order chi connectivity index (χ1) is 10.9. The molecule has 0 aromatic heterocycles. The molecule has 5 heteroatoms. The van der Waals surface area contributed by atoms with E-state index in [2.05, 4.69) is 10.6 Å². The molecule has 2 aromatic rings. The summed E-state index contributed by atoms with van der Waals surface area (Å²) in [5.41, 5.74) is 2.29. The van der Waals surface area contributed by atoms with Gasteiger partial charge in [0.15, 0.2) is 6.10 Å². The van der Waals surface area contributed by atoms with Gasteiger partial charge < -0.3 is 15.4 Å². The molecule has 0 spiro atoms. The molecule has 0 aliphatic heterocycles. The lowest BCUT2D eigenvalue weighted by Crippen LogP contribution is -2.30. The molecule has 0 aliphatic rings. The summed E-state index contributed by atoms with van der Waals surface area (Å²) < 4.78 is 5.64. The Bertz CT molecular complexity index is 713. The zero-order valence-electron chi connectivity index (χ0n) is 13.4. The van der Waals surface area contributed by atoms with E-state index in [1.165, 1.54) is 6.92 Å². The number of rotatable bonds is 5. The van der Waals surface area contributed by atoms with Crippen LogP contribution in [-0.2, 0) is 9.59 Å². The second-order valence-corrected chi connectivity index (χ2v) is 5.33. The van der Waals surface area contributed by atoms with Crippen molar-refractivity contribution >= 4 is 23.2 Å². The molecule has 5 nitrogen and oxygen atoms in total. The fraction of sp³-hybridized carbons (Fsp3) is 0.222. The number of amides is 2. The molecule has 2 amide bonds. The summed E-state index contributed by atoms with van der Waals surface area (Å²) in [4.78, 5) is 23.3. The van der Waals surface area contributed by atoms with Gasteiger partial charge in [0, 0.05) is 18.3 Å². The summed E-state index contributed by atoms with van der Waals surface area (Å²) in [5, 5.41) is 5.45. The first kappa shape index (κ1) is 16.5. The van der Waals surface area contributed by atoms with Crippen LogP contribution in [0.25, 0.3) is 0 Å². The number of hydrogen-bond donors (Lipinski definition) is 2. The highest BCUT2D eigenvalue weighted by Gasteiger charge is 2.15. The Kier molecular flexibility index (Phi) is 5.36. The summed E-state index contributed by atoms with van der Waals surface area (Å²) >= 11 is 0. The van der Waals surface area contributed by atoms with E-state index >= 15 is 0 Å². The number of aryl methyl sites for hydroxylation is 1. The topological polar surface area (TPSA) is 67.4 Å². The second-order valence-electron chi connectivity index (χ2n) is 5.33. The van der Waals surface area contributed by atoms with E-state index in [9.17, 15) is 9.59 Å². The minimum Gasteiger partial charge on any atom is -0.481 e. The van der Waals surface area contributed by atoms with Gasteiger partial charge in [0.2, 0.25) is 5.91 Å². The Morgan fingerprint density at radius 3 is 2.30 bits per heavy atom. The Balaban J connectivity index is 1.99. The highest BCUT2D eigenvalue weighted by Crippen LogP contribution is 2.17. The highest BCUT2D eigenvalue weighted by atomic mass is 16.5. The zero-order chi connectivity index (χ0) is 16.8. The van der Waals surface area contributed by atoms with Crippen LogP contribution in [0.5, 0.6) is 5.75 Å². The van der Waals surface area contributed by atoms with Gasteiger partial charge in [0.05, 0.1) is 0 Å². The van der Waals surface area contributed by atoms with Crippen LogP contribution >= 0.6 is 0 Å². The number of hydrogen-bond acceptors (Lipinski definition) is 3. The van der Waals surface area contributed by atoms with Crippen LogP contribution in [0, 0.1) is 6.92 Å². The molecule has 0 saturated carbocycles. The maximum Gasteiger partial charge on any atom is 0.265 e. The third-order valence-corrected chi connectivity index (χ3v) is 3.12. The number of carbonyl (C=O) groups excluding carboxylic acids is 2. The monoisotopic (exact) mass is 312 g/mol. The first-order valence-electron chi connectivity index (χ1n) is 7.36. The molecule has 0 aliphatic carbocycles. The normalized spacial score (nSPS) is 11.4. The molecular formula is C18H20N2O3. The van der Waals surface area contributed by atoms with E-state index < -0.39 is 6.10 Å². The molecule has 1 atom stereocenters. The summed E-state index contributed by atoms with van der Waals surface area (Å²) in [6, 6.07) is 14.5. The molecule has 23 heavy (non-hydrogen) atoms. The van der Waals surface area contributed by atoms with Crippen molar-refractivity contribution in [2.24, 2.45) is 0 Å². The third kappa shape index (κ3) is 5.14. The highest BCUT2D eigenvalue weighted by molar-refractivity contribution is 5.95. The van der Waals surface area contributed by atoms with E-state index in [1.54, 1.807) is 31.2 Å². The van der Waals surface area contributed by atoms with Crippen LogP contribution in [0.2, 0.25) is 0 Å². The molecule has 2 aromatic carbocycles. The Morgan fingerprint density at radius 2 is 1.65 bits per heavy atom. The SMILES string of the molecule is CC(=O)Nc1cccc(NC(=O)[C@H](C)Oc2cccc(C)c2)c1. The van der Waals surface area contributed by atoms with E-state index in [4.69, 9.17) is 4.74 Å². The van der Waals surface area contributed by atoms with Crippen molar-refractivity contribution in [1.82, 2.24) is 0 Å². The van der Waals surface area contributed by atoms with Crippen LogP contribution in [0.15, 0.2) is 48.5 Å². The number of carbonyl (C=O) groups is 2. The molecule has 0 fully saturated rings. The standard InChI is InChI=1S/C18H20N2O3/c1-12-6-4-9-17(10-12)23-13(2)18(22)20-16-8-5-7-15(11-16)19-14(3)21/h4-11,13H,1-3H3,(H,19,21)(H,20,22)/t13-/m0/s1. The molecule has 0 heterocycles. The maximum absolute atomic E-state index is 12.2. The number of ether oxygens (including phenoxy) is 1. The first-order valence-corrected chi connectivity index (χ1v) is 7.36. The van der Waals surface area contributed by atoms with Gasteiger partial charge in [-0.2, -0.15) is 0 Å². The van der Waals surface area contributed by atoms with Crippen LogP contribution in [0.1, 0.15) is 19.4 Å². The smallest absolute Gasteiger partial charge is 0.265 e. The molecule has 0 saturated heterocycles. The molecule has 120 valence electrons. The van der Waals surface area contributed by atoms with Crippen molar-refractivity contribution in [3.05, 3.63) is 54.1 Å². The Labute approximate surface area is 135 Å². The third-order valence-electron chi connectivity index (χ3n) is 3.12. The van der Waals surface area contributed by atoms with Crippen molar-refractivity contribution in [2.45, 2.75) is 26.9 Å². The fourth-order valence-electron chi connectivity index (χ4n) is 2.07. The van der Waals surface area contributed by atoms with Crippen molar-refractivity contribution in [1.29, 1.82) is 0 Å². The largest absolute Gasteiger partial charge is 0.481 e. The van der Waals surface area contributed by atoms with Crippen LogP contribution < -0.4 is 15.4 Å². The van der Waals surface area contributed by atoms with Crippen LogP contribution in [0.4, 0.5) is 11.4 Å². The van der Waals surface area contributed by atoms with Gasteiger partial charge in [-0.05, 0) is 49.7 Å². The zero-order valence-corrected chi connectivity index (χ0v) is 13.4. The number of benzene rings is 2. The van der Waals surface area contributed by atoms with Gasteiger partial charge in [-0.1, -0.05) is 18.2 Å². The second kappa shape index (κ2) is 7.45. The van der Waals surface area contributed by atoms with Gasteiger partial charge in [-0.25, -0.2) is 0 Å². The lowest BCUT2D eigenvalue weighted by Gasteiger charge is -2.15. The van der Waals surface area contributed by atoms with Gasteiger partial charge in [0.25, 0.3) is 5.91 Å². The van der Waals surface area contributed by atoms with Crippen LogP contribution in [0.3, 0.4) is 0 Å². The number of anilines is 2. The van der Waals surface area contributed by atoms with E-state index in [0.717, 1.165) is 5.56 Å². The predicted molar refractivity (Wildman–Crippen MR) is 90.6 cm³/mol. The van der Waals surface area contributed by atoms with Crippen molar-refractivity contribution in [2.75, 3.05) is 10.6 Å². The average Bonchev–Trinajstić information content (AvgIpc) is 2.46. The predicted octanol–water partition coefficient (Wildman–Crippen LogP) is 3.36. The molecule has 2 rings (SSSR count). The molecular weight excluding hydrogens is 292 g/mol. The van der Waals surface area contributed by atoms with Crippen molar-refractivity contribution in [3.63, 3.8) is 0 Å². The van der Waals surface area contributed by atoms with Gasteiger partial charge in [0.1, 0.15) is 5.75 Å². The summed E-state index contributed by atoms with van der Waals surface area (Å²) in [6.07, 6.45) is -0.638. The van der Waals surface area contributed by atoms with Crippen molar-refractivity contribution in [3.8, 4) is 5.75 Å². The minimum atomic E-state index is -0.638. The number of nitrogens with one attached hydrogen (secondary N) is 2. The fourth-order valence-corrected chi connectivity index (χ4v) is 2.07. The van der Waals surface area contributed by atoms with E-state index in [-0.39, 0.29) is 11.8 Å². The van der Waals surface area contributed by atoms with E-state index in [1.807, 2.05) is 31.2 Å². The average molecular weight is 312 g/mol. The van der Waals surface area contributed by atoms with E-state index in [0.29, 0.717) is 17.1 Å². The van der Waals surface area contributed by atoms with Gasteiger partial charge in [-0.3, -0.25) is 9.59 Å². The van der Waals surface area contributed by atoms with Gasteiger partial charge in [-0.15, -0.1) is 0 Å². The summed E-state index contributed by atoms with van der Waals surface area (Å²) in [6.45, 7) is 5.09. The Hall–Kier alpha value is -2.82. The van der Waals surface area contributed by atoms with Crippen molar-refractivity contribution < 1.29 is 14.3 Å². The summed E-state index contributed by atoms with van der Waals surface area (Å²) in [7, 11) is 0. The molecule has 0 radical (unpaired) electrons. The van der Waals surface area contributed by atoms with Gasteiger partial charge >= 0.3 is 0 Å². The summed E-state index contributed by atoms with van der Waals surface area (Å²) in [5.74, 6) is 0.232. The lowest BCUT2D eigenvalue weighted by molar-refractivity contribution is -0.122. The molecule has 0 unspecified atom stereocenters. The molecule has 0 bridgehead atoms. The maximum atomic E-state index is 12.2. The minimum absolute atomic E-state index is 0.162. The Morgan fingerprint density at radius 1 is 1.00 bits per heavy atom. The van der Waals surface area contributed by atoms with Crippen LogP contribution in [-0.4, -0.2) is 17.9 Å². The quantitative estimate of drug-likeness (QED) is 0.889. The molecule has 2 N–H and O–H groups in total.